The van der Waals surface area contributed by atoms with Crippen molar-refractivity contribution in [1.82, 2.24) is 4.90 Å². The highest BCUT2D eigenvalue weighted by Crippen LogP contribution is 2.22. The highest BCUT2D eigenvalue weighted by Gasteiger charge is 2.28. The number of ether oxygens (including phenoxy) is 1. The molecule has 174 valence electrons. The predicted molar refractivity (Wildman–Crippen MR) is 127 cm³/mol. The molecule has 1 aromatic rings. The van der Waals surface area contributed by atoms with Gasteiger partial charge in [0.15, 0.2) is 0 Å². The maximum absolute atomic E-state index is 12.3. The summed E-state index contributed by atoms with van der Waals surface area (Å²) < 4.78 is 4.65. The molecule has 1 fully saturated rings. The quantitative estimate of drug-likeness (QED) is 0.228. The van der Waals surface area contributed by atoms with Crippen LogP contribution in [0.2, 0.25) is 0 Å². The van der Waals surface area contributed by atoms with Crippen LogP contribution in [0.1, 0.15) is 63.9 Å². The van der Waals surface area contributed by atoms with E-state index in [1.165, 1.54) is 12.7 Å². The Kier molecular flexibility index (Phi) is 11.6. The molecule has 1 saturated heterocycles. The fourth-order valence-corrected chi connectivity index (χ4v) is 3.80. The van der Waals surface area contributed by atoms with Crippen LogP contribution in [-0.4, -0.2) is 47.7 Å². The van der Waals surface area contributed by atoms with E-state index in [-0.39, 0.29) is 23.8 Å². The van der Waals surface area contributed by atoms with E-state index in [1.54, 1.807) is 0 Å². The molecule has 0 radical (unpaired) electrons. The number of aliphatic hydroxyl groups is 1. The molecule has 0 aliphatic carbocycles. The average molecular weight is 440 g/mol. The summed E-state index contributed by atoms with van der Waals surface area (Å²) >= 11 is 0. The number of carbonyl (C=O) groups excluding carboxylic acids is 2. The third kappa shape index (κ3) is 9.28. The van der Waals surface area contributed by atoms with Crippen molar-refractivity contribution in [3.05, 3.63) is 48.0 Å². The van der Waals surface area contributed by atoms with Gasteiger partial charge in [0.05, 0.1) is 19.3 Å². The van der Waals surface area contributed by atoms with Gasteiger partial charge in [-0.1, -0.05) is 68.2 Å². The summed E-state index contributed by atoms with van der Waals surface area (Å²) in [6.07, 6.45) is 10.1. The van der Waals surface area contributed by atoms with E-state index < -0.39 is 6.10 Å². The molecule has 1 aliphatic rings. The van der Waals surface area contributed by atoms with Crippen molar-refractivity contribution in [2.45, 2.75) is 76.9 Å². The van der Waals surface area contributed by atoms with Gasteiger partial charge in [0.1, 0.15) is 0 Å². The van der Waals surface area contributed by atoms with Gasteiger partial charge in [0.25, 0.3) is 0 Å². The van der Waals surface area contributed by atoms with Crippen molar-refractivity contribution in [1.29, 1.82) is 0 Å². The van der Waals surface area contributed by atoms with Crippen LogP contribution in [-0.2, 0) is 20.7 Å². The fourth-order valence-electron chi connectivity index (χ4n) is 3.80. The molecule has 32 heavy (non-hydrogen) atoms. The van der Waals surface area contributed by atoms with Gasteiger partial charge in [-0.25, -0.2) is 0 Å². The minimum atomic E-state index is -0.572. The maximum Gasteiger partial charge on any atom is 0.305 e. The second-order valence-corrected chi connectivity index (χ2v) is 8.51. The lowest BCUT2D eigenvalue weighted by atomic mass is 9.99. The number of hydrogen-bond donors (Lipinski definition) is 1. The largest absolute Gasteiger partial charge is 0.469 e. The van der Waals surface area contributed by atoms with Gasteiger partial charge < -0.3 is 14.7 Å². The van der Waals surface area contributed by atoms with Gasteiger partial charge in [-0.15, -0.1) is 5.92 Å². The maximum atomic E-state index is 12.3. The first kappa shape index (κ1) is 25.7. The first-order chi connectivity index (χ1) is 15.5. The Morgan fingerprint density at radius 1 is 1.22 bits per heavy atom. The third-order valence-electron chi connectivity index (χ3n) is 5.93. The summed E-state index contributed by atoms with van der Waals surface area (Å²) in [7, 11) is 1.41. The Hall–Kier alpha value is -2.58. The number of nitrogens with zero attached hydrogens (tertiary/aromatic N) is 1. The molecule has 0 saturated carbocycles. The van der Waals surface area contributed by atoms with E-state index >= 15 is 0 Å². The Labute approximate surface area is 192 Å². The Balaban J connectivity index is 1.71. The fraction of sp³-hybridized carbons (Fsp3) is 0.556. The van der Waals surface area contributed by atoms with Crippen molar-refractivity contribution in [2.75, 3.05) is 13.7 Å². The molecular formula is C27H37NO4. The average Bonchev–Trinajstić information content (AvgIpc) is 3.16. The minimum Gasteiger partial charge on any atom is -0.469 e. The van der Waals surface area contributed by atoms with Crippen LogP contribution in [0.3, 0.4) is 0 Å². The van der Waals surface area contributed by atoms with E-state index in [2.05, 4.69) is 28.7 Å². The van der Waals surface area contributed by atoms with Gasteiger partial charge in [0, 0.05) is 32.2 Å². The molecule has 1 N–H and O–H groups in total. The number of carbonyl (C=O) groups is 2. The SMILES string of the molecule is COC(=O)CCCCCCN1C(=O)CC[C@@H]1/C=C/[C@@H](O)[C@@H](C)CC#CCc1ccccc1. The second-order valence-electron chi connectivity index (χ2n) is 8.51. The van der Waals surface area contributed by atoms with E-state index in [0.29, 0.717) is 19.3 Å². The topological polar surface area (TPSA) is 66.8 Å². The van der Waals surface area contributed by atoms with Gasteiger partial charge in [-0.05, 0) is 30.7 Å². The number of methoxy groups -OCH3 is 1. The van der Waals surface area contributed by atoms with E-state index in [9.17, 15) is 14.7 Å². The Bertz CT molecular complexity index is 793. The zero-order valence-electron chi connectivity index (χ0n) is 19.5. The summed E-state index contributed by atoms with van der Waals surface area (Å²) in [6, 6.07) is 10.2. The number of rotatable bonds is 12. The molecule has 1 aromatic carbocycles. The zero-order valence-corrected chi connectivity index (χ0v) is 19.5. The van der Waals surface area contributed by atoms with Gasteiger partial charge >= 0.3 is 5.97 Å². The summed E-state index contributed by atoms with van der Waals surface area (Å²) in [6.45, 7) is 2.72. The number of esters is 1. The number of unbranched alkanes of at least 4 members (excludes halogenated alkanes) is 3. The first-order valence-electron chi connectivity index (χ1n) is 11.7. The summed E-state index contributed by atoms with van der Waals surface area (Å²) in [4.78, 5) is 25.3. The molecule has 5 heteroatoms. The molecule has 2 rings (SSSR count). The number of benzene rings is 1. The normalized spacial score (nSPS) is 17.8. The van der Waals surface area contributed by atoms with Gasteiger partial charge in [0.2, 0.25) is 5.91 Å². The highest BCUT2D eigenvalue weighted by atomic mass is 16.5. The number of amides is 1. The summed E-state index contributed by atoms with van der Waals surface area (Å²) in [5, 5.41) is 10.5. The van der Waals surface area contributed by atoms with Crippen LogP contribution in [0.5, 0.6) is 0 Å². The van der Waals surface area contributed by atoms with Crippen molar-refractivity contribution in [2.24, 2.45) is 5.92 Å². The Morgan fingerprint density at radius 2 is 1.97 bits per heavy atom. The van der Waals surface area contributed by atoms with Crippen molar-refractivity contribution >= 4 is 11.9 Å². The van der Waals surface area contributed by atoms with Crippen molar-refractivity contribution < 1.29 is 19.4 Å². The molecule has 1 amide bonds. The lowest BCUT2D eigenvalue weighted by molar-refractivity contribution is -0.140. The lowest BCUT2D eigenvalue weighted by Crippen LogP contribution is -2.33. The van der Waals surface area contributed by atoms with Gasteiger partial charge in [-0.2, -0.15) is 0 Å². The smallest absolute Gasteiger partial charge is 0.305 e. The molecule has 0 aromatic heterocycles. The van der Waals surface area contributed by atoms with E-state index in [0.717, 1.165) is 45.1 Å². The van der Waals surface area contributed by atoms with Crippen LogP contribution in [0.15, 0.2) is 42.5 Å². The van der Waals surface area contributed by atoms with Crippen LogP contribution >= 0.6 is 0 Å². The molecule has 1 aliphatic heterocycles. The predicted octanol–water partition coefficient (Wildman–Crippen LogP) is 4.29. The van der Waals surface area contributed by atoms with Crippen LogP contribution in [0.4, 0.5) is 0 Å². The molecule has 0 bridgehead atoms. The number of likely N-dealkylation sites (tertiary alicyclic amines) is 1. The monoisotopic (exact) mass is 439 g/mol. The molecule has 0 spiro atoms. The first-order valence-corrected chi connectivity index (χ1v) is 11.7. The molecule has 0 unspecified atom stereocenters. The molecule has 3 atom stereocenters. The number of aliphatic hydroxyl groups excluding tert-OH is 1. The molecule has 5 nitrogen and oxygen atoms in total. The molecular weight excluding hydrogens is 402 g/mol. The van der Waals surface area contributed by atoms with E-state index in [4.69, 9.17) is 0 Å². The minimum absolute atomic E-state index is 0.0369. The van der Waals surface area contributed by atoms with Crippen LogP contribution in [0.25, 0.3) is 0 Å². The second kappa shape index (κ2) is 14.5. The summed E-state index contributed by atoms with van der Waals surface area (Å²) in [5.74, 6) is 6.41. The van der Waals surface area contributed by atoms with Crippen LogP contribution < -0.4 is 0 Å². The third-order valence-corrected chi connectivity index (χ3v) is 5.93. The highest BCUT2D eigenvalue weighted by molar-refractivity contribution is 5.79. The molecule has 1 heterocycles. The standard InChI is InChI=1S/C27H37NO4/c1-22(12-9-10-15-23-13-6-5-7-14-23)25(29)19-17-24-18-20-26(30)28(24)21-11-4-3-8-16-27(31)32-2/h5-7,13-14,17,19,22,24-25,29H,3-4,8,11-12,15-16,18,20-21H2,1-2H3/b19-17+/t22-,24-,25+/m0/s1. The van der Waals surface area contributed by atoms with Crippen molar-refractivity contribution in [3.63, 3.8) is 0 Å². The summed E-state index contributed by atoms with van der Waals surface area (Å²) in [5.41, 5.74) is 1.20. The van der Waals surface area contributed by atoms with Crippen LogP contribution in [0, 0.1) is 17.8 Å². The van der Waals surface area contributed by atoms with Gasteiger partial charge in [-0.3, -0.25) is 9.59 Å². The zero-order chi connectivity index (χ0) is 23.2. The Morgan fingerprint density at radius 3 is 2.72 bits per heavy atom. The lowest BCUT2D eigenvalue weighted by Gasteiger charge is -2.23. The van der Waals surface area contributed by atoms with E-state index in [1.807, 2.05) is 42.2 Å². The number of hydrogen-bond acceptors (Lipinski definition) is 4. The van der Waals surface area contributed by atoms with Crippen molar-refractivity contribution in [3.8, 4) is 11.8 Å².